The Kier molecular flexibility index (Phi) is 4.62. The largest absolute Gasteiger partial charge is 0.369 e. The van der Waals surface area contributed by atoms with Gasteiger partial charge in [0.1, 0.15) is 0 Å². The van der Waals surface area contributed by atoms with Crippen molar-refractivity contribution in [3.63, 3.8) is 0 Å². The van der Waals surface area contributed by atoms with Gasteiger partial charge in [0.15, 0.2) is 0 Å². The first-order valence-electron chi connectivity index (χ1n) is 5.08. The smallest absolute Gasteiger partial charge is 0.0986 e. The highest BCUT2D eigenvalue weighted by molar-refractivity contribution is 4.70. The van der Waals surface area contributed by atoms with Crippen molar-refractivity contribution in [2.75, 3.05) is 26.9 Å². The van der Waals surface area contributed by atoms with Crippen LogP contribution < -0.4 is 0 Å². The fraction of sp³-hybridized carbons (Fsp3) is 1.00. The van der Waals surface area contributed by atoms with Gasteiger partial charge in [-0.3, -0.25) is 4.90 Å². The van der Waals surface area contributed by atoms with Gasteiger partial charge in [0.2, 0.25) is 0 Å². The molecule has 1 fully saturated rings. The summed E-state index contributed by atoms with van der Waals surface area (Å²) in [5.74, 6) is 0.989. The third-order valence-electron chi connectivity index (χ3n) is 2.72. The second-order valence-electron chi connectivity index (χ2n) is 3.77. The van der Waals surface area contributed by atoms with Crippen molar-refractivity contribution in [2.45, 2.75) is 32.6 Å². The molecule has 12 heavy (non-hydrogen) atoms. The lowest BCUT2D eigenvalue weighted by Gasteiger charge is -2.30. The Morgan fingerprint density at radius 2 is 2.00 bits per heavy atom. The van der Waals surface area contributed by atoms with E-state index in [2.05, 4.69) is 11.8 Å². The summed E-state index contributed by atoms with van der Waals surface area (Å²) in [5, 5.41) is 0. The maximum atomic E-state index is 5.10. The summed E-state index contributed by atoms with van der Waals surface area (Å²) in [5.41, 5.74) is 0. The summed E-state index contributed by atoms with van der Waals surface area (Å²) in [4.78, 5) is 2.40. The molecule has 2 heteroatoms. The molecule has 0 spiro atoms. The highest BCUT2D eigenvalue weighted by Crippen LogP contribution is 2.21. The van der Waals surface area contributed by atoms with Crippen molar-refractivity contribution < 1.29 is 4.74 Å². The van der Waals surface area contributed by atoms with Gasteiger partial charge in [0, 0.05) is 20.2 Å². The number of ether oxygens (including phenoxy) is 1. The van der Waals surface area contributed by atoms with E-state index in [1.54, 1.807) is 7.11 Å². The van der Waals surface area contributed by atoms with Crippen LogP contribution >= 0.6 is 0 Å². The number of nitrogens with zero attached hydrogens (tertiary/aromatic N) is 1. The predicted octanol–water partition coefficient (Wildman–Crippen LogP) is 2.10. The van der Waals surface area contributed by atoms with Gasteiger partial charge < -0.3 is 4.74 Å². The van der Waals surface area contributed by atoms with Gasteiger partial charge in [0.25, 0.3) is 0 Å². The Balaban J connectivity index is 2.11. The maximum Gasteiger partial charge on any atom is 0.0986 e. The molecule has 0 atom stereocenters. The lowest BCUT2D eigenvalue weighted by atomic mass is 9.93. The number of methoxy groups -OCH3 is 1. The van der Waals surface area contributed by atoms with Gasteiger partial charge in [-0.05, 0) is 18.8 Å². The first-order valence-corrected chi connectivity index (χ1v) is 5.08. The summed E-state index contributed by atoms with van der Waals surface area (Å²) in [7, 11) is 1.78. The third-order valence-corrected chi connectivity index (χ3v) is 2.72. The van der Waals surface area contributed by atoms with E-state index in [4.69, 9.17) is 4.74 Å². The first-order chi connectivity index (χ1) is 5.86. The maximum absolute atomic E-state index is 5.10. The van der Waals surface area contributed by atoms with Crippen LogP contribution in [0, 0.1) is 5.92 Å². The Labute approximate surface area is 75.9 Å². The lowest BCUT2D eigenvalue weighted by Crippen LogP contribution is -2.34. The summed E-state index contributed by atoms with van der Waals surface area (Å²) in [6.07, 6.45) is 5.50. The van der Waals surface area contributed by atoms with Crippen LogP contribution in [0.15, 0.2) is 0 Å². The SMILES string of the molecule is CCCC1CCN(COC)CC1. The fourth-order valence-electron chi connectivity index (χ4n) is 2.00. The Morgan fingerprint density at radius 1 is 1.33 bits per heavy atom. The standard InChI is InChI=1S/C10H21NO/c1-3-4-10-5-7-11(8-6-10)9-12-2/h10H,3-9H2,1-2H3. The zero-order valence-electron chi connectivity index (χ0n) is 8.38. The molecule has 1 aliphatic rings. The molecule has 0 radical (unpaired) electrons. The van der Waals surface area contributed by atoms with Crippen LogP contribution in [-0.2, 0) is 4.74 Å². The number of rotatable bonds is 4. The third kappa shape index (κ3) is 3.11. The van der Waals surface area contributed by atoms with Crippen molar-refractivity contribution in [1.29, 1.82) is 0 Å². The van der Waals surface area contributed by atoms with E-state index in [-0.39, 0.29) is 0 Å². The summed E-state index contributed by atoms with van der Waals surface area (Å²) in [6.45, 7) is 5.57. The summed E-state index contributed by atoms with van der Waals surface area (Å²) < 4.78 is 5.10. The normalized spacial score (nSPS) is 21.5. The molecule has 1 aliphatic heterocycles. The van der Waals surface area contributed by atoms with Crippen molar-refractivity contribution in [2.24, 2.45) is 5.92 Å². The van der Waals surface area contributed by atoms with Crippen molar-refractivity contribution in [1.82, 2.24) is 4.90 Å². The summed E-state index contributed by atoms with van der Waals surface area (Å²) in [6, 6.07) is 0. The zero-order chi connectivity index (χ0) is 8.81. The van der Waals surface area contributed by atoms with Gasteiger partial charge in [-0.25, -0.2) is 0 Å². The molecule has 0 unspecified atom stereocenters. The lowest BCUT2D eigenvalue weighted by molar-refractivity contribution is 0.0384. The fourth-order valence-corrected chi connectivity index (χ4v) is 2.00. The van der Waals surface area contributed by atoms with Gasteiger partial charge in [-0.1, -0.05) is 19.8 Å². The van der Waals surface area contributed by atoms with Gasteiger partial charge in [0.05, 0.1) is 6.73 Å². The minimum atomic E-state index is 0.818. The minimum absolute atomic E-state index is 0.818. The van der Waals surface area contributed by atoms with Crippen LogP contribution in [0.5, 0.6) is 0 Å². The molecule has 0 saturated carbocycles. The Bertz CT molecular complexity index is 94.4. The molecule has 0 aromatic heterocycles. The zero-order valence-corrected chi connectivity index (χ0v) is 8.38. The van der Waals surface area contributed by atoms with E-state index < -0.39 is 0 Å². The highest BCUT2D eigenvalue weighted by atomic mass is 16.5. The van der Waals surface area contributed by atoms with Crippen LogP contribution in [0.4, 0.5) is 0 Å². The molecule has 1 heterocycles. The van der Waals surface area contributed by atoms with Crippen molar-refractivity contribution in [3.8, 4) is 0 Å². The van der Waals surface area contributed by atoms with E-state index in [1.807, 2.05) is 0 Å². The van der Waals surface area contributed by atoms with Crippen LogP contribution in [0.3, 0.4) is 0 Å². The van der Waals surface area contributed by atoms with Gasteiger partial charge >= 0.3 is 0 Å². The molecule has 0 bridgehead atoms. The van der Waals surface area contributed by atoms with E-state index >= 15 is 0 Å². The second kappa shape index (κ2) is 5.55. The number of likely N-dealkylation sites (tertiary alicyclic amines) is 1. The van der Waals surface area contributed by atoms with E-state index in [0.29, 0.717) is 0 Å². The van der Waals surface area contributed by atoms with Crippen LogP contribution in [0.1, 0.15) is 32.6 Å². The van der Waals surface area contributed by atoms with Crippen LogP contribution in [0.2, 0.25) is 0 Å². The minimum Gasteiger partial charge on any atom is -0.369 e. The van der Waals surface area contributed by atoms with Crippen molar-refractivity contribution in [3.05, 3.63) is 0 Å². The Hall–Kier alpha value is -0.0800. The average molecular weight is 171 g/mol. The van der Waals surface area contributed by atoms with Crippen LogP contribution in [-0.4, -0.2) is 31.8 Å². The molecule has 2 nitrogen and oxygen atoms in total. The number of hydrogen-bond acceptors (Lipinski definition) is 2. The second-order valence-corrected chi connectivity index (χ2v) is 3.77. The van der Waals surface area contributed by atoms with Gasteiger partial charge in [-0.2, -0.15) is 0 Å². The van der Waals surface area contributed by atoms with Crippen molar-refractivity contribution >= 4 is 0 Å². The molecule has 0 amide bonds. The van der Waals surface area contributed by atoms with Gasteiger partial charge in [-0.15, -0.1) is 0 Å². The molecule has 0 aliphatic carbocycles. The molecule has 72 valence electrons. The molecule has 1 rings (SSSR count). The topological polar surface area (TPSA) is 12.5 Å². The molecule has 0 aromatic carbocycles. The quantitative estimate of drug-likeness (QED) is 0.642. The predicted molar refractivity (Wildman–Crippen MR) is 51.1 cm³/mol. The first kappa shape index (κ1) is 10.0. The number of hydrogen-bond donors (Lipinski definition) is 0. The van der Waals surface area contributed by atoms with E-state index in [9.17, 15) is 0 Å². The molecule has 1 saturated heterocycles. The Morgan fingerprint density at radius 3 is 2.50 bits per heavy atom. The summed E-state index contributed by atoms with van der Waals surface area (Å²) >= 11 is 0. The number of piperidine rings is 1. The van der Waals surface area contributed by atoms with Crippen LogP contribution in [0.25, 0.3) is 0 Å². The molecule has 0 N–H and O–H groups in total. The average Bonchev–Trinajstić information content (AvgIpc) is 2.09. The molecular formula is C10H21NO. The molecule has 0 aromatic rings. The van der Waals surface area contributed by atoms with E-state index in [0.717, 1.165) is 12.6 Å². The highest BCUT2D eigenvalue weighted by Gasteiger charge is 2.17. The monoisotopic (exact) mass is 171 g/mol. The van der Waals surface area contributed by atoms with E-state index in [1.165, 1.54) is 38.8 Å². The molecular weight excluding hydrogens is 150 g/mol.